The fraction of sp³-hybridized carbons (Fsp3) is 0.462. The van der Waals surface area contributed by atoms with Crippen molar-refractivity contribution in [2.75, 3.05) is 33.8 Å². The fourth-order valence-electron chi connectivity index (χ4n) is 3.93. The maximum atomic E-state index is 12.7. The number of ether oxygens (including phenoxy) is 1. The molecule has 1 amide bonds. The summed E-state index contributed by atoms with van der Waals surface area (Å²) >= 11 is 0. The molecule has 1 saturated heterocycles. The predicted molar refractivity (Wildman–Crippen MR) is 133 cm³/mol. The van der Waals surface area contributed by atoms with Crippen LogP contribution >= 0.6 is 0 Å². The topological polar surface area (TPSA) is 71.8 Å². The first-order chi connectivity index (χ1) is 16.3. The van der Waals surface area contributed by atoms with E-state index in [2.05, 4.69) is 11.8 Å². The van der Waals surface area contributed by atoms with E-state index in [0.29, 0.717) is 37.7 Å². The van der Waals surface area contributed by atoms with Crippen LogP contribution in [0.15, 0.2) is 41.2 Å². The number of aromatic nitrogens is 1. The van der Waals surface area contributed by atoms with Crippen molar-refractivity contribution in [2.45, 2.75) is 38.0 Å². The van der Waals surface area contributed by atoms with Gasteiger partial charge in [0.2, 0.25) is 0 Å². The predicted octanol–water partition coefficient (Wildman–Crippen LogP) is 2.17. The third-order valence-corrected chi connectivity index (χ3v) is 7.78. The number of hydrogen-bond donors (Lipinski definition) is 0. The first-order valence-electron chi connectivity index (χ1n) is 11.6. The van der Waals surface area contributed by atoms with E-state index in [1.807, 2.05) is 31.2 Å². The van der Waals surface area contributed by atoms with E-state index in [0.717, 1.165) is 16.8 Å². The van der Waals surface area contributed by atoms with Gasteiger partial charge < -0.3 is 14.2 Å². The summed E-state index contributed by atoms with van der Waals surface area (Å²) in [5.74, 6) is 7.24. The van der Waals surface area contributed by atoms with E-state index in [-0.39, 0.29) is 23.3 Å². The Bertz CT molecular complexity index is 1190. The van der Waals surface area contributed by atoms with Crippen molar-refractivity contribution in [1.82, 2.24) is 13.8 Å². The molecule has 1 aliphatic carbocycles. The van der Waals surface area contributed by atoms with Crippen LogP contribution in [-0.2, 0) is 22.3 Å². The Morgan fingerprint density at radius 2 is 1.91 bits per heavy atom. The Balaban J connectivity index is 1.33. The second kappa shape index (κ2) is 10.6. The Kier molecular flexibility index (Phi) is 7.54. The monoisotopic (exact) mass is 481 g/mol. The molecule has 1 aromatic heterocycles. The lowest BCUT2D eigenvalue weighted by Crippen LogP contribution is -2.36. The molecule has 1 aliphatic heterocycles. The fourth-order valence-corrected chi connectivity index (χ4v) is 5.14. The van der Waals surface area contributed by atoms with Gasteiger partial charge in [-0.3, -0.25) is 9.59 Å². The van der Waals surface area contributed by atoms with Crippen LogP contribution < -0.4 is 10.3 Å². The number of aryl methyl sites for hydroxylation is 1. The summed E-state index contributed by atoms with van der Waals surface area (Å²) in [7, 11) is 2.44. The van der Waals surface area contributed by atoms with Crippen LogP contribution in [0.3, 0.4) is 0 Å². The summed E-state index contributed by atoms with van der Waals surface area (Å²) < 4.78 is 21.2. The summed E-state index contributed by atoms with van der Waals surface area (Å²) in [5, 5.41) is -0.0515. The zero-order valence-electron chi connectivity index (χ0n) is 20.0. The minimum Gasteiger partial charge on any atom is -0.484 e. The SMILES string of the molecule is Cc1cc(OCC(=O)N2CCC(S(=O)N(C)C)C2)cc(=O)n1Cc1ccc(C#CC2CC2)cc1. The van der Waals surface area contributed by atoms with Crippen LogP contribution in [-0.4, -0.2) is 62.9 Å². The second-order valence-corrected chi connectivity index (χ2v) is 11.1. The van der Waals surface area contributed by atoms with Gasteiger partial charge in [0.25, 0.3) is 11.5 Å². The van der Waals surface area contributed by atoms with E-state index in [1.165, 1.54) is 18.9 Å². The second-order valence-electron chi connectivity index (χ2n) is 9.12. The van der Waals surface area contributed by atoms with Gasteiger partial charge in [-0.25, -0.2) is 8.51 Å². The van der Waals surface area contributed by atoms with Gasteiger partial charge in [0.1, 0.15) is 5.75 Å². The highest BCUT2D eigenvalue weighted by Gasteiger charge is 2.31. The Morgan fingerprint density at radius 1 is 1.18 bits per heavy atom. The summed E-state index contributed by atoms with van der Waals surface area (Å²) in [6.07, 6.45) is 3.12. The molecule has 0 radical (unpaired) electrons. The summed E-state index contributed by atoms with van der Waals surface area (Å²) in [6, 6.07) is 11.2. The first-order valence-corrected chi connectivity index (χ1v) is 12.8. The number of nitrogens with zero attached hydrogens (tertiary/aromatic N) is 3. The number of hydrogen-bond acceptors (Lipinski definition) is 4. The third-order valence-electron chi connectivity index (χ3n) is 6.11. The lowest BCUT2D eigenvalue weighted by Gasteiger charge is -2.18. The van der Waals surface area contributed by atoms with Gasteiger partial charge >= 0.3 is 0 Å². The molecule has 2 unspecified atom stereocenters. The van der Waals surface area contributed by atoms with Gasteiger partial charge in [-0.1, -0.05) is 24.0 Å². The zero-order valence-corrected chi connectivity index (χ0v) is 20.8. The largest absolute Gasteiger partial charge is 0.484 e. The van der Waals surface area contributed by atoms with Crippen molar-refractivity contribution in [3.8, 4) is 17.6 Å². The van der Waals surface area contributed by atoms with Crippen LogP contribution in [0.5, 0.6) is 5.75 Å². The lowest BCUT2D eigenvalue weighted by atomic mass is 10.1. The van der Waals surface area contributed by atoms with Gasteiger partial charge in [-0.15, -0.1) is 0 Å². The van der Waals surface area contributed by atoms with Gasteiger partial charge in [-0.2, -0.15) is 0 Å². The molecular weight excluding hydrogens is 450 g/mol. The van der Waals surface area contributed by atoms with E-state index in [9.17, 15) is 13.8 Å². The van der Waals surface area contributed by atoms with Crippen LogP contribution in [0.2, 0.25) is 0 Å². The van der Waals surface area contributed by atoms with Crippen molar-refractivity contribution < 1.29 is 13.7 Å². The van der Waals surface area contributed by atoms with Crippen LogP contribution in [0, 0.1) is 24.7 Å². The van der Waals surface area contributed by atoms with Gasteiger partial charge in [0.15, 0.2) is 6.61 Å². The molecule has 2 aromatic rings. The molecule has 0 N–H and O–H groups in total. The molecule has 7 nitrogen and oxygen atoms in total. The smallest absolute Gasteiger partial charge is 0.260 e. The average molecular weight is 482 g/mol. The molecule has 1 saturated carbocycles. The van der Waals surface area contributed by atoms with E-state index in [4.69, 9.17) is 4.74 Å². The molecule has 2 aliphatic rings. The van der Waals surface area contributed by atoms with Gasteiger partial charge in [-0.05, 0) is 64.0 Å². The molecule has 4 rings (SSSR count). The van der Waals surface area contributed by atoms with Crippen molar-refractivity contribution in [3.05, 3.63) is 63.6 Å². The molecule has 1 aromatic carbocycles. The highest BCUT2D eigenvalue weighted by Crippen LogP contribution is 2.27. The van der Waals surface area contributed by atoms with Crippen LogP contribution in [0.4, 0.5) is 0 Å². The molecule has 34 heavy (non-hydrogen) atoms. The maximum Gasteiger partial charge on any atom is 0.260 e. The number of rotatable bonds is 7. The molecule has 0 spiro atoms. The quantitative estimate of drug-likeness (QED) is 0.569. The molecule has 2 atom stereocenters. The van der Waals surface area contributed by atoms with Crippen molar-refractivity contribution in [2.24, 2.45) is 5.92 Å². The average Bonchev–Trinajstić information content (AvgIpc) is 3.52. The van der Waals surface area contributed by atoms with Gasteiger partial charge in [0.05, 0.1) is 22.8 Å². The van der Waals surface area contributed by atoms with Crippen LogP contribution in [0.1, 0.15) is 36.1 Å². The minimum absolute atomic E-state index is 0.0515. The Morgan fingerprint density at radius 3 is 2.56 bits per heavy atom. The minimum atomic E-state index is -1.10. The highest BCUT2D eigenvalue weighted by atomic mass is 32.2. The number of likely N-dealkylation sites (tertiary alicyclic amines) is 1. The number of carbonyl (C=O) groups excluding carboxylic acids is 1. The van der Waals surface area contributed by atoms with Crippen molar-refractivity contribution >= 4 is 16.9 Å². The summed E-state index contributed by atoms with van der Waals surface area (Å²) in [4.78, 5) is 27.0. The Hall–Kier alpha value is -2.89. The molecule has 0 bridgehead atoms. The third kappa shape index (κ3) is 6.16. The molecule has 8 heteroatoms. The maximum absolute atomic E-state index is 12.7. The van der Waals surface area contributed by atoms with Crippen LogP contribution in [0.25, 0.3) is 0 Å². The standard InChI is InChI=1S/C26H31N3O4S/c1-19-14-23(33-18-26(31)28-13-12-24(17-28)34(32)27(2)3)15-25(30)29(19)16-22-10-8-21(9-11-22)7-6-20-4-5-20/h8-11,14-15,20,24H,4-5,12-13,16-18H2,1-3H3. The summed E-state index contributed by atoms with van der Waals surface area (Å²) in [6.45, 7) is 3.19. The molecule has 2 heterocycles. The Labute approximate surface area is 203 Å². The van der Waals surface area contributed by atoms with Crippen molar-refractivity contribution in [3.63, 3.8) is 0 Å². The van der Waals surface area contributed by atoms with Gasteiger partial charge in [0, 0.05) is 36.3 Å². The summed E-state index contributed by atoms with van der Waals surface area (Å²) in [5.41, 5.74) is 2.59. The molecule has 180 valence electrons. The number of carbonyl (C=O) groups is 1. The lowest BCUT2D eigenvalue weighted by molar-refractivity contribution is -0.132. The van der Waals surface area contributed by atoms with E-state index < -0.39 is 11.0 Å². The number of benzene rings is 1. The number of pyridine rings is 1. The normalized spacial score (nSPS) is 18.5. The zero-order chi connectivity index (χ0) is 24.2. The molecular formula is C26H31N3O4S. The molecule has 2 fully saturated rings. The van der Waals surface area contributed by atoms with Crippen molar-refractivity contribution in [1.29, 1.82) is 0 Å². The highest BCUT2D eigenvalue weighted by molar-refractivity contribution is 7.83. The van der Waals surface area contributed by atoms with E-state index in [1.54, 1.807) is 33.9 Å². The number of amides is 1. The van der Waals surface area contributed by atoms with E-state index >= 15 is 0 Å². The first kappa shape index (κ1) is 24.2.